The van der Waals surface area contributed by atoms with Crippen LogP contribution in [0.4, 0.5) is 5.82 Å². The molecule has 1 saturated heterocycles. The summed E-state index contributed by atoms with van der Waals surface area (Å²) in [6, 6.07) is 9.72. The fraction of sp³-hybridized carbons (Fsp3) is 0.421. The molecule has 1 aliphatic heterocycles. The van der Waals surface area contributed by atoms with Gasteiger partial charge in [-0.15, -0.1) is 0 Å². The SMILES string of the molecule is Cc1ccc([C@@H](CNC(=O)C(=O)Nc2cc(C)on2)N2CCOCC2)cc1. The Bertz CT molecular complexity index is 781. The molecule has 144 valence electrons. The van der Waals surface area contributed by atoms with Crippen molar-refractivity contribution in [1.82, 2.24) is 15.4 Å². The molecule has 1 aromatic heterocycles. The Balaban J connectivity index is 1.63. The maximum atomic E-state index is 12.2. The van der Waals surface area contributed by atoms with Gasteiger partial charge in [0.15, 0.2) is 5.82 Å². The first-order valence-corrected chi connectivity index (χ1v) is 8.94. The summed E-state index contributed by atoms with van der Waals surface area (Å²) in [6.07, 6.45) is 0. The molecule has 0 saturated carbocycles. The van der Waals surface area contributed by atoms with Gasteiger partial charge in [-0.25, -0.2) is 0 Å². The smallest absolute Gasteiger partial charge is 0.314 e. The van der Waals surface area contributed by atoms with Gasteiger partial charge in [0.25, 0.3) is 0 Å². The number of rotatable bonds is 5. The van der Waals surface area contributed by atoms with Crippen LogP contribution in [0.3, 0.4) is 0 Å². The Hall–Kier alpha value is -2.71. The minimum absolute atomic E-state index is 0.0273. The average Bonchev–Trinajstić information content (AvgIpc) is 3.08. The van der Waals surface area contributed by atoms with Crippen molar-refractivity contribution in [2.24, 2.45) is 0 Å². The lowest BCUT2D eigenvalue weighted by molar-refractivity contribution is -0.136. The van der Waals surface area contributed by atoms with E-state index >= 15 is 0 Å². The van der Waals surface area contributed by atoms with Crippen molar-refractivity contribution in [2.45, 2.75) is 19.9 Å². The number of aromatic nitrogens is 1. The molecular formula is C19H24N4O4. The van der Waals surface area contributed by atoms with Gasteiger partial charge in [-0.3, -0.25) is 19.8 Å². The van der Waals surface area contributed by atoms with Crippen molar-refractivity contribution in [3.63, 3.8) is 0 Å². The molecule has 0 spiro atoms. The van der Waals surface area contributed by atoms with Gasteiger partial charge in [0.2, 0.25) is 0 Å². The monoisotopic (exact) mass is 372 g/mol. The van der Waals surface area contributed by atoms with E-state index in [9.17, 15) is 9.59 Å². The van der Waals surface area contributed by atoms with Gasteiger partial charge < -0.3 is 14.6 Å². The fourth-order valence-electron chi connectivity index (χ4n) is 3.00. The van der Waals surface area contributed by atoms with E-state index in [1.165, 1.54) is 5.56 Å². The quantitative estimate of drug-likeness (QED) is 0.771. The van der Waals surface area contributed by atoms with Crippen molar-refractivity contribution < 1.29 is 18.8 Å². The van der Waals surface area contributed by atoms with Crippen LogP contribution >= 0.6 is 0 Å². The molecule has 2 N–H and O–H groups in total. The van der Waals surface area contributed by atoms with Crippen LogP contribution in [0.5, 0.6) is 0 Å². The van der Waals surface area contributed by atoms with E-state index in [0.29, 0.717) is 25.5 Å². The number of hydrogen-bond acceptors (Lipinski definition) is 6. The molecule has 1 aromatic carbocycles. The predicted octanol–water partition coefficient (Wildman–Crippen LogP) is 1.42. The number of benzene rings is 1. The minimum Gasteiger partial charge on any atom is -0.379 e. The number of nitrogens with one attached hydrogen (secondary N) is 2. The Morgan fingerprint density at radius 3 is 2.48 bits per heavy atom. The third kappa shape index (κ3) is 5.15. The van der Waals surface area contributed by atoms with Gasteiger partial charge in [-0.05, 0) is 19.4 Å². The zero-order chi connectivity index (χ0) is 19.2. The highest BCUT2D eigenvalue weighted by molar-refractivity contribution is 6.39. The van der Waals surface area contributed by atoms with E-state index in [2.05, 4.69) is 32.8 Å². The highest BCUT2D eigenvalue weighted by atomic mass is 16.5. The molecule has 0 unspecified atom stereocenters. The number of amides is 2. The lowest BCUT2D eigenvalue weighted by atomic mass is 10.0. The van der Waals surface area contributed by atoms with E-state index in [1.807, 2.05) is 19.1 Å². The number of carbonyl (C=O) groups excluding carboxylic acids is 2. The van der Waals surface area contributed by atoms with Crippen LogP contribution < -0.4 is 10.6 Å². The van der Waals surface area contributed by atoms with Crippen molar-refractivity contribution in [2.75, 3.05) is 38.2 Å². The molecule has 0 aliphatic carbocycles. The van der Waals surface area contributed by atoms with Gasteiger partial charge in [0, 0.05) is 25.7 Å². The lowest BCUT2D eigenvalue weighted by Gasteiger charge is -2.34. The number of ether oxygens (including phenoxy) is 1. The van der Waals surface area contributed by atoms with Crippen LogP contribution in [0.25, 0.3) is 0 Å². The summed E-state index contributed by atoms with van der Waals surface area (Å²) in [5, 5.41) is 8.81. The zero-order valence-electron chi connectivity index (χ0n) is 15.5. The Morgan fingerprint density at radius 2 is 1.85 bits per heavy atom. The van der Waals surface area contributed by atoms with E-state index in [1.54, 1.807) is 13.0 Å². The second-order valence-corrected chi connectivity index (χ2v) is 6.56. The number of anilines is 1. The highest BCUT2D eigenvalue weighted by Crippen LogP contribution is 2.21. The first kappa shape index (κ1) is 19.1. The van der Waals surface area contributed by atoms with E-state index in [4.69, 9.17) is 9.26 Å². The lowest BCUT2D eigenvalue weighted by Crippen LogP contribution is -2.45. The largest absolute Gasteiger partial charge is 0.379 e. The molecule has 8 nitrogen and oxygen atoms in total. The molecule has 27 heavy (non-hydrogen) atoms. The molecule has 1 atom stereocenters. The molecule has 0 bridgehead atoms. The molecular weight excluding hydrogens is 348 g/mol. The predicted molar refractivity (Wildman–Crippen MR) is 99.2 cm³/mol. The van der Waals surface area contributed by atoms with Crippen LogP contribution in [0.2, 0.25) is 0 Å². The zero-order valence-corrected chi connectivity index (χ0v) is 15.5. The van der Waals surface area contributed by atoms with E-state index in [0.717, 1.165) is 18.7 Å². The topological polar surface area (TPSA) is 96.7 Å². The average molecular weight is 372 g/mol. The Kier molecular flexibility index (Phi) is 6.20. The second kappa shape index (κ2) is 8.79. The Labute approximate surface area is 157 Å². The second-order valence-electron chi connectivity index (χ2n) is 6.56. The fourth-order valence-corrected chi connectivity index (χ4v) is 3.00. The van der Waals surface area contributed by atoms with Crippen molar-refractivity contribution in [1.29, 1.82) is 0 Å². The van der Waals surface area contributed by atoms with Crippen LogP contribution in [0.1, 0.15) is 22.9 Å². The van der Waals surface area contributed by atoms with Gasteiger partial charge in [0.1, 0.15) is 5.76 Å². The highest BCUT2D eigenvalue weighted by Gasteiger charge is 2.24. The molecule has 1 fully saturated rings. The van der Waals surface area contributed by atoms with Crippen LogP contribution in [-0.2, 0) is 14.3 Å². The Morgan fingerprint density at radius 1 is 1.15 bits per heavy atom. The number of aryl methyl sites for hydroxylation is 2. The van der Waals surface area contributed by atoms with Gasteiger partial charge in [-0.2, -0.15) is 0 Å². The molecule has 2 amide bonds. The molecule has 0 radical (unpaired) electrons. The first-order valence-electron chi connectivity index (χ1n) is 8.94. The number of carbonyl (C=O) groups is 2. The van der Waals surface area contributed by atoms with Gasteiger partial charge in [0.05, 0.1) is 19.3 Å². The number of morpholine rings is 1. The summed E-state index contributed by atoms with van der Waals surface area (Å²) in [5.41, 5.74) is 2.26. The molecule has 3 rings (SSSR count). The first-order chi connectivity index (χ1) is 13.0. The summed E-state index contributed by atoms with van der Waals surface area (Å²) < 4.78 is 10.3. The number of hydrogen-bond donors (Lipinski definition) is 2. The van der Waals surface area contributed by atoms with Crippen molar-refractivity contribution in [3.8, 4) is 0 Å². The van der Waals surface area contributed by atoms with Crippen molar-refractivity contribution in [3.05, 3.63) is 47.2 Å². The van der Waals surface area contributed by atoms with Crippen LogP contribution in [0, 0.1) is 13.8 Å². The molecule has 1 aliphatic rings. The van der Waals surface area contributed by atoms with Gasteiger partial charge >= 0.3 is 11.8 Å². The summed E-state index contributed by atoms with van der Waals surface area (Å²) >= 11 is 0. The van der Waals surface area contributed by atoms with Crippen LogP contribution in [0.15, 0.2) is 34.9 Å². The summed E-state index contributed by atoms with van der Waals surface area (Å²) in [6.45, 7) is 6.93. The van der Waals surface area contributed by atoms with Gasteiger partial charge in [-0.1, -0.05) is 35.0 Å². The maximum absolute atomic E-state index is 12.2. The van der Waals surface area contributed by atoms with E-state index < -0.39 is 11.8 Å². The van der Waals surface area contributed by atoms with Crippen molar-refractivity contribution >= 4 is 17.6 Å². The maximum Gasteiger partial charge on any atom is 0.314 e. The summed E-state index contributed by atoms with van der Waals surface area (Å²) in [4.78, 5) is 26.5. The molecule has 2 heterocycles. The van der Waals surface area contributed by atoms with E-state index in [-0.39, 0.29) is 11.9 Å². The molecule has 2 aromatic rings. The third-order valence-corrected chi connectivity index (χ3v) is 4.48. The third-order valence-electron chi connectivity index (χ3n) is 4.48. The summed E-state index contributed by atoms with van der Waals surface area (Å²) in [5.74, 6) is -0.706. The van der Waals surface area contributed by atoms with Crippen LogP contribution in [-0.4, -0.2) is 54.7 Å². The minimum atomic E-state index is -0.770. The normalized spacial score (nSPS) is 15.9. The standard InChI is InChI=1S/C19H24N4O4/c1-13-3-5-15(6-4-13)16(23-7-9-26-10-8-23)12-20-18(24)19(25)21-17-11-14(2)27-22-17/h3-6,11,16H,7-10,12H2,1-2H3,(H,20,24)(H,21,22,25)/t16-/m1/s1. The summed E-state index contributed by atoms with van der Waals surface area (Å²) in [7, 11) is 0. The number of nitrogens with zero attached hydrogens (tertiary/aromatic N) is 2. The molecule has 8 heteroatoms.